The Labute approximate surface area is 183 Å². The van der Waals surface area contributed by atoms with Crippen LogP contribution >= 0.6 is 0 Å². The lowest BCUT2D eigenvalue weighted by Crippen LogP contribution is -2.48. The van der Waals surface area contributed by atoms with E-state index in [1.165, 1.54) is 35.0 Å². The van der Waals surface area contributed by atoms with Gasteiger partial charge in [0.1, 0.15) is 25.0 Å². The molecule has 3 aromatic rings. The highest BCUT2D eigenvalue weighted by atomic mass is 19.1. The van der Waals surface area contributed by atoms with Gasteiger partial charge in [0.05, 0.1) is 12.0 Å². The van der Waals surface area contributed by atoms with Crippen molar-refractivity contribution in [3.05, 3.63) is 51.9 Å². The number of nitrogens with zero attached hydrogens (tertiary/aromatic N) is 4. The van der Waals surface area contributed by atoms with Crippen LogP contribution in [0.4, 0.5) is 10.2 Å². The number of hydrogen-bond donors (Lipinski definition) is 0. The molecule has 9 heteroatoms. The summed E-state index contributed by atoms with van der Waals surface area (Å²) >= 11 is 0. The molecular weight excluding hydrogens is 403 g/mol. The Bertz CT molecular complexity index is 1370. The molecule has 0 amide bonds. The number of halogens is 1. The highest BCUT2D eigenvalue weighted by Gasteiger charge is 2.33. The molecule has 0 unspecified atom stereocenters. The minimum absolute atomic E-state index is 0.00573. The molecule has 8 nitrogen and oxygen atoms in total. The minimum atomic E-state index is -2.70. The molecule has 5 rings (SSSR count). The van der Waals surface area contributed by atoms with Crippen LogP contribution in [0, 0.1) is 13.8 Å². The average Bonchev–Trinajstić information content (AvgIpc) is 2.78. The molecule has 2 aliphatic rings. The molecule has 0 spiro atoms. The van der Waals surface area contributed by atoms with E-state index in [-0.39, 0.29) is 29.4 Å². The van der Waals surface area contributed by atoms with E-state index >= 15 is 4.39 Å². The third kappa shape index (κ3) is 3.54. The number of aryl methyl sites for hydroxylation is 1. The monoisotopic (exact) mass is 430 g/mol. The van der Waals surface area contributed by atoms with Crippen LogP contribution in [0.25, 0.3) is 5.65 Å². The van der Waals surface area contributed by atoms with E-state index in [0.29, 0.717) is 24.4 Å². The smallest absolute Gasteiger partial charge is 0.274 e. The summed E-state index contributed by atoms with van der Waals surface area (Å²) in [6, 6.07) is 5.58. The molecule has 2 aliphatic heterocycles. The molecule has 0 aliphatic carbocycles. The van der Waals surface area contributed by atoms with Gasteiger partial charge in [0.25, 0.3) is 5.56 Å². The van der Waals surface area contributed by atoms with Crippen molar-refractivity contribution in [3.63, 3.8) is 0 Å². The first-order chi connectivity index (χ1) is 16.5. The van der Waals surface area contributed by atoms with Crippen LogP contribution in [0.1, 0.15) is 23.0 Å². The number of alkyl halides is 1. The number of ether oxygens (including phenoxy) is 3. The summed E-state index contributed by atoms with van der Waals surface area (Å²) in [6.07, 6.45) is -0.378. The molecule has 0 radical (unpaired) electrons. The lowest BCUT2D eigenvalue weighted by molar-refractivity contribution is 0.0809. The molecule has 1 aromatic carbocycles. The fraction of sp³-hybridized carbons (Fsp3) is 0.409. The molecule has 2 atom stereocenters. The Kier molecular flexibility index (Phi) is 3.84. The molecular formula is C22H23FN4O4. The lowest BCUT2D eigenvalue weighted by atomic mass is 10.0. The standard InChI is InChI=1S/C22H23FN4O4/c1-13-14(2)22(25-27-20(28)5-7-24-21(13)27)26-8-6-17(16(23)12-26)31-15-3-4-18-19(11-15)30-10-9-29-18/h3-5,7,11,16-17H,6,8-10,12H2,1-2H3/t16-,17+/m0/s1/i9D2,10D2. The highest BCUT2D eigenvalue weighted by molar-refractivity contribution is 5.59. The Balaban J connectivity index is 1.33. The van der Waals surface area contributed by atoms with Crippen molar-refractivity contribution >= 4 is 11.5 Å². The van der Waals surface area contributed by atoms with Gasteiger partial charge in [0, 0.05) is 42.4 Å². The van der Waals surface area contributed by atoms with Crippen molar-refractivity contribution in [2.75, 3.05) is 31.1 Å². The van der Waals surface area contributed by atoms with Crippen molar-refractivity contribution in [3.8, 4) is 17.2 Å². The maximum Gasteiger partial charge on any atom is 0.274 e. The third-order valence-electron chi connectivity index (χ3n) is 5.60. The summed E-state index contributed by atoms with van der Waals surface area (Å²) in [7, 11) is 0. The van der Waals surface area contributed by atoms with E-state index in [1.807, 2.05) is 13.8 Å². The Morgan fingerprint density at radius 3 is 2.81 bits per heavy atom. The Morgan fingerprint density at radius 2 is 2.00 bits per heavy atom. The van der Waals surface area contributed by atoms with Crippen LogP contribution in [-0.4, -0.2) is 53.1 Å². The summed E-state index contributed by atoms with van der Waals surface area (Å²) in [4.78, 5) is 18.3. The molecule has 31 heavy (non-hydrogen) atoms. The van der Waals surface area contributed by atoms with E-state index in [2.05, 4.69) is 10.1 Å². The van der Waals surface area contributed by atoms with E-state index in [4.69, 9.17) is 19.7 Å². The third-order valence-corrected chi connectivity index (χ3v) is 5.60. The van der Waals surface area contributed by atoms with Gasteiger partial charge in [-0.3, -0.25) is 4.79 Å². The van der Waals surface area contributed by atoms with Gasteiger partial charge in [-0.15, -0.1) is 5.10 Å². The quantitative estimate of drug-likeness (QED) is 0.632. The molecule has 162 valence electrons. The van der Waals surface area contributed by atoms with Crippen LogP contribution < -0.4 is 24.7 Å². The second-order valence-electron chi connectivity index (χ2n) is 7.52. The van der Waals surface area contributed by atoms with Crippen molar-refractivity contribution < 1.29 is 24.1 Å². The number of rotatable bonds is 3. The first kappa shape index (κ1) is 15.4. The fourth-order valence-electron chi connectivity index (χ4n) is 3.82. The summed E-state index contributed by atoms with van der Waals surface area (Å²) in [5.41, 5.74) is 1.76. The van der Waals surface area contributed by atoms with Gasteiger partial charge in [-0.2, -0.15) is 4.52 Å². The fourth-order valence-corrected chi connectivity index (χ4v) is 3.82. The second-order valence-corrected chi connectivity index (χ2v) is 7.52. The van der Waals surface area contributed by atoms with Crippen LogP contribution in [0.15, 0.2) is 35.3 Å². The van der Waals surface area contributed by atoms with E-state index < -0.39 is 25.4 Å². The van der Waals surface area contributed by atoms with E-state index in [9.17, 15) is 4.79 Å². The van der Waals surface area contributed by atoms with E-state index in [0.717, 1.165) is 11.1 Å². The topological polar surface area (TPSA) is 78.2 Å². The largest absolute Gasteiger partial charge is 0.487 e. The average molecular weight is 430 g/mol. The maximum absolute atomic E-state index is 15.2. The van der Waals surface area contributed by atoms with Gasteiger partial charge in [-0.05, 0) is 26.0 Å². The minimum Gasteiger partial charge on any atom is -0.487 e. The van der Waals surface area contributed by atoms with Crippen molar-refractivity contribution in [2.24, 2.45) is 0 Å². The summed E-state index contributed by atoms with van der Waals surface area (Å²) < 4.78 is 63.3. The van der Waals surface area contributed by atoms with Gasteiger partial charge < -0.3 is 19.1 Å². The van der Waals surface area contributed by atoms with Gasteiger partial charge in [0.15, 0.2) is 29.1 Å². The zero-order valence-electron chi connectivity index (χ0n) is 21.0. The molecule has 1 fully saturated rings. The summed E-state index contributed by atoms with van der Waals surface area (Å²) in [6.45, 7) is -1.21. The Hall–Kier alpha value is -3.36. The van der Waals surface area contributed by atoms with Crippen LogP contribution in [0.2, 0.25) is 0 Å². The second kappa shape index (κ2) is 7.72. The van der Waals surface area contributed by atoms with Crippen LogP contribution in [0.3, 0.4) is 0 Å². The normalized spacial score (nSPS) is 25.8. The van der Waals surface area contributed by atoms with Crippen molar-refractivity contribution in [1.82, 2.24) is 14.6 Å². The molecule has 2 aromatic heterocycles. The number of anilines is 1. The van der Waals surface area contributed by atoms with Crippen molar-refractivity contribution in [1.29, 1.82) is 0 Å². The molecule has 4 heterocycles. The summed E-state index contributed by atoms with van der Waals surface area (Å²) in [5.74, 6) is 0.769. The van der Waals surface area contributed by atoms with Gasteiger partial charge in [-0.1, -0.05) is 0 Å². The zero-order chi connectivity index (χ0) is 25.1. The SMILES string of the molecule is [2H]C1([2H])Oc2ccc(O[C@@H]3CCN(c4nn5c(=O)ccnc5c(C)c4C)C[C@@H]3F)cc2OC1([2H])[2H]. The van der Waals surface area contributed by atoms with Gasteiger partial charge >= 0.3 is 0 Å². The highest BCUT2D eigenvalue weighted by Crippen LogP contribution is 2.35. The molecule has 0 bridgehead atoms. The molecule has 0 N–H and O–H groups in total. The van der Waals surface area contributed by atoms with Crippen molar-refractivity contribution in [2.45, 2.75) is 32.5 Å². The first-order valence-electron chi connectivity index (χ1n) is 11.9. The maximum atomic E-state index is 15.2. The van der Waals surface area contributed by atoms with Crippen LogP contribution in [-0.2, 0) is 0 Å². The first-order valence-corrected chi connectivity index (χ1v) is 9.90. The number of hydrogen-bond acceptors (Lipinski definition) is 7. The number of fused-ring (bicyclic) bond motifs is 2. The molecule has 1 saturated heterocycles. The predicted octanol–water partition coefficient (Wildman–Crippen LogP) is 2.47. The summed E-state index contributed by atoms with van der Waals surface area (Å²) in [5, 5.41) is 4.44. The van der Waals surface area contributed by atoms with Gasteiger partial charge in [-0.25, -0.2) is 9.37 Å². The Morgan fingerprint density at radius 1 is 1.19 bits per heavy atom. The number of aromatic nitrogens is 3. The van der Waals surface area contributed by atoms with Crippen LogP contribution in [0.5, 0.6) is 17.2 Å². The predicted molar refractivity (Wildman–Crippen MR) is 112 cm³/mol. The molecule has 0 saturated carbocycles. The number of piperidine rings is 1. The van der Waals surface area contributed by atoms with Gasteiger partial charge in [0.2, 0.25) is 0 Å². The van der Waals surface area contributed by atoms with E-state index in [1.54, 1.807) is 4.90 Å². The number of benzene rings is 1. The lowest BCUT2D eigenvalue weighted by Gasteiger charge is -2.36. The zero-order valence-corrected chi connectivity index (χ0v) is 17.0.